The fourth-order valence-corrected chi connectivity index (χ4v) is 2.73. The molecule has 20 heavy (non-hydrogen) atoms. The van der Waals surface area contributed by atoms with Crippen LogP contribution in [0.15, 0.2) is 0 Å². The Kier molecular flexibility index (Phi) is 5.51. The molecule has 4 atom stereocenters. The Bertz CT molecular complexity index is 347. The van der Waals surface area contributed by atoms with Crippen molar-refractivity contribution in [3.8, 4) is 0 Å². The zero-order valence-corrected chi connectivity index (χ0v) is 13.2. The van der Waals surface area contributed by atoms with Gasteiger partial charge in [0.25, 0.3) is 0 Å². The van der Waals surface area contributed by atoms with E-state index in [0.717, 1.165) is 32.3 Å². The molecule has 2 aliphatic rings. The van der Waals surface area contributed by atoms with Crippen molar-refractivity contribution < 1.29 is 20.3 Å². The van der Waals surface area contributed by atoms with E-state index in [-0.39, 0.29) is 17.9 Å². The molecule has 2 fully saturated rings. The molecule has 2 saturated heterocycles. The molecule has 2 heterocycles. The summed E-state index contributed by atoms with van der Waals surface area (Å²) in [4.78, 5) is 0. The van der Waals surface area contributed by atoms with Crippen LogP contribution in [0.3, 0.4) is 0 Å². The maximum absolute atomic E-state index is 8.00. The van der Waals surface area contributed by atoms with Gasteiger partial charge >= 0.3 is 5.24 Å². The van der Waals surface area contributed by atoms with Gasteiger partial charge in [0.05, 0.1) is 6.61 Å². The number of ether oxygens (including phenoxy) is 4. The van der Waals surface area contributed by atoms with E-state index in [1.54, 1.807) is 0 Å². The first-order chi connectivity index (χ1) is 10.0. The lowest BCUT2D eigenvalue weighted by Gasteiger charge is -2.27. The second-order valence-corrected chi connectivity index (χ2v) is 6.10. The highest BCUT2D eigenvalue weighted by molar-refractivity contribution is 7.79. The minimum atomic E-state index is -0.591. The molecular formula is C15H26O4S. The van der Waals surface area contributed by atoms with E-state index < -0.39 is 5.60 Å². The molecule has 2 rings (SSSR count). The third-order valence-corrected chi connectivity index (χ3v) is 4.21. The molecule has 0 saturated carbocycles. The molecule has 5 heteroatoms. The molecule has 0 radical (unpaired) electrons. The van der Waals surface area contributed by atoms with E-state index >= 15 is 0 Å². The smallest absolute Gasteiger partial charge is 0.353 e. The molecule has 116 valence electrons. The number of hydrogen-bond acceptors (Lipinski definition) is 5. The van der Waals surface area contributed by atoms with Crippen LogP contribution in [-0.4, -0.2) is 36.9 Å². The lowest BCUT2D eigenvalue weighted by atomic mass is 9.91. The Labute approximate surface area is 128 Å². The fourth-order valence-electron chi connectivity index (χ4n) is 2.50. The van der Waals surface area contributed by atoms with Gasteiger partial charge in [-0.1, -0.05) is 13.8 Å². The van der Waals surface area contributed by atoms with Gasteiger partial charge < -0.3 is 18.9 Å². The van der Waals surface area contributed by atoms with Crippen molar-refractivity contribution in [3.05, 3.63) is 0 Å². The molecule has 0 aliphatic carbocycles. The van der Waals surface area contributed by atoms with Crippen LogP contribution in [0.4, 0.5) is 0 Å². The van der Waals surface area contributed by atoms with Gasteiger partial charge in [0.15, 0.2) is 6.29 Å². The third kappa shape index (κ3) is 4.57. The zero-order valence-electron chi connectivity index (χ0n) is 13.4. The minimum absolute atomic E-state index is 0.0381. The van der Waals surface area contributed by atoms with E-state index in [4.69, 9.17) is 32.5 Å². The molecule has 2 aliphatic heterocycles. The van der Waals surface area contributed by atoms with E-state index in [2.05, 4.69) is 6.92 Å². The standard InChI is InChI=1S/C15H26O4S/c1-3-15(11-18-14(20)19-15)8-7-12(2)10-17-13-6-4-5-9-16-13/h12-13H,3-11H2,1-2H3/t12-,13?,15+/m1/s1/i3D/t3-,12-,13?,15+. The average molecular weight is 303 g/mol. The van der Waals surface area contributed by atoms with Gasteiger partial charge in [-0.15, -0.1) is 0 Å². The highest BCUT2D eigenvalue weighted by Gasteiger charge is 2.38. The maximum atomic E-state index is 8.00. The molecule has 0 bridgehead atoms. The Hall–Kier alpha value is -0.390. The molecule has 1 unspecified atom stereocenters. The molecule has 0 spiro atoms. The highest BCUT2D eigenvalue weighted by Crippen LogP contribution is 2.30. The molecule has 0 aromatic rings. The Morgan fingerprint density at radius 3 is 3.00 bits per heavy atom. The summed E-state index contributed by atoms with van der Waals surface area (Å²) in [7, 11) is 0. The van der Waals surface area contributed by atoms with Gasteiger partial charge in [-0.05, 0) is 44.4 Å². The van der Waals surface area contributed by atoms with Crippen LogP contribution in [0.25, 0.3) is 0 Å². The van der Waals surface area contributed by atoms with Crippen LogP contribution in [0.1, 0.15) is 53.7 Å². The summed E-state index contributed by atoms with van der Waals surface area (Å²) in [6, 6.07) is 0. The van der Waals surface area contributed by atoms with Crippen LogP contribution in [0, 0.1) is 5.92 Å². The third-order valence-electron chi connectivity index (χ3n) is 4.01. The van der Waals surface area contributed by atoms with Crippen LogP contribution in [-0.2, 0) is 18.9 Å². The van der Waals surface area contributed by atoms with Crippen LogP contribution in [0.2, 0.25) is 0 Å². The molecule has 0 aromatic carbocycles. The second kappa shape index (κ2) is 7.57. The fraction of sp³-hybridized carbons (Fsp3) is 0.933. The van der Waals surface area contributed by atoms with Crippen LogP contribution < -0.4 is 0 Å². The van der Waals surface area contributed by atoms with Crippen molar-refractivity contribution in [1.29, 1.82) is 0 Å². The quantitative estimate of drug-likeness (QED) is 0.674. The topological polar surface area (TPSA) is 36.9 Å². The monoisotopic (exact) mass is 303 g/mol. The summed E-state index contributed by atoms with van der Waals surface area (Å²) < 4.78 is 30.2. The van der Waals surface area contributed by atoms with Gasteiger partial charge in [0.1, 0.15) is 12.2 Å². The Morgan fingerprint density at radius 1 is 1.55 bits per heavy atom. The number of thiocarbonyl (C=S) groups is 1. The number of hydrogen-bond donors (Lipinski definition) is 0. The summed E-state index contributed by atoms with van der Waals surface area (Å²) >= 11 is 4.93. The van der Waals surface area contributed by atoms with Gasteiger partial charge in [0, 0.05) is 20.2 Å². The highest BCUT2D eigenvalue weighted by atomic mass is 32.1. The largest absolute Gasteiger partial charge is 0.453 e. The molecule has 0 amide bonds. The number of rotatable bonds is 7. The predicted molar refractivity (Wildman–Crippen MR) is 80.6 cm³/mol. The lowest BCUT2D eigenvalue weighted by molar-refractivity contribution is -0.168. The molecule has 0 aromatic heterocycles. The summed E-state index contributed by atoms with van der Waals surface area (Å²) in [5, 5.41) is 0.175. The first-order valence-electron chi connectivity index (χ1n) is 8.11. The summed E-state index contributed by atoms with van der Waals surface area (Å²) in [5.74, 6) is 0.393. The summed E-state index contributed by atoms with van der Waals surface area (Å²) in [6.07, 6.45) is 4.58. The first kappa shape index (κ1) is 14.5. The zero-order chi connectivity index (χ0) is 15.3. The van der Waals surface area contributed by atoms with Gasteiger partial charge in [0.2, 0.25) is 0 Å². The molecule has 0 N–H and O–H groups in total. The summed E-state index contributed by atoms with van der Waals surface area (Å²) in [6.45, 7) is 5.85. The van der Waals surface area contributed by atoms with E-state index in [9.17, 15) is 0 Å². The Morgan fingerprint density at radius 2 is 2.40 bits per heavy atom. The normalized spacial score (nSPS) is 34.0. The average Bonchev–Trinajstić information content (AvgIpc) is 2.87. The molecular weight excluding hydrogens is 276 g/mol. The summed E-state index contributed by atoms with van der Waals surface area (Å²) in [5.41, 5.74) is -0.591. The van der Waals surface area contributed by atoms with E-state index in [1.165, 1.54) is 6.42 Å². The lowest BCUT2D eigenvalue weighted by Crippen LogP contribution is -2.32. The molecule has 4 nitrogen and oxygen atoms in total. The van der Waals surface area contributed by atoms with Gasteiger partial charge in [-0.25, -0.2) is 0 Å². The maximum Gasteiger partial charge on any atom is 0.353 e. The van der Waals surface area contributed by atoms with Crippen molar-refractivity contribution in [2.24, 2.45) is 5.92 Å². The SMILES string of the molecule is [2H][C@H](C)[C@]1(CC[C@@H](C)COC2CCCCO2)COC(=S)O1. The Balaban J connectivity index is 1.71. The van der Waals surface area contributed by atoms with Crippen molar-refractivity contribution >= 4 is 17.5 Å². The minimum Gasteiger partial charge on any atom is -0.453 e. The van der Waals surface area contributed by atoms with Crippen molar-refractivity contribution in [1.82, 2.24) is 0 Å². The second-order valence-electron chi connectivity index (χ2n) is 5.77. The van der Waals surface area contributed by atoms with E-state index in [1.807, 2.05) is 6.92 Å². The first-order valence-corrected chi connectivity index (χ1v) is 7.94. The van der Waals surface area contributed by atoms with Crippen molar-refractivity contribution in [2.45, 2.75) is 64.2 Å². The van der Waals surface area contributed by atoms with E-state index in [0.29, 0.717) is 19.1 Å². The van der Waals surface area contributed by atoms with Crippen LogP contribution in [0.5, 0.6) is 0 Å². The van der Waals surface area contributed by atoms with Gasteiger partial charge in [-0.2, -0.15) is 0 Å². The van der Waals surface area contributed by atoms with Crippen molar-refractivity contribution in [3.63, 3.8) is 0 Å². The van der Waals surface area contributed by atoms with Crippen LogP contribution >= 0.6 is 12.2 Å². The van der Waals surface area contributed by atoms with Gasteiger partial charge in [-0.3, -0.25) is 0 Å². The predicted octanol–water partition coefficient (Wildman–Crippen LogP) is 3.43. The van der Waals surface area contributed by atoms with Crippen molar-refractivity contribution in [2.75, 3.05) is 19.8 Å².